The average Bonchev–Trinajstić information content (AvgIpc) is 2.94. The van der Waals surface area contributed by atoms with Gasteiger partial charge in [0.15, 0.2) is 0 Å². The summed E-state index contributed by atoms with van der Waals surface area (Å²) < 4.78 is 0. The van der Waals surface area contributed by atoms with Gasteiger partial charge in [-0.05, 0) is 32.4 Å². The van der Waals surface area contributed by atoms with Crippen molar-refractivity contribution >= 4 is 17.0 Å². The molecule has 0 radical (unpaired) electrons. The van der Waals surface area contributed by atoms with Crippen LogP contribution >= 0.6 is 11.3 Å². The highest BCUT2D eigenvalue weighted by Crippen LogP contribution is 2.32. The maximum absolute atomic E-state index is 10.9. The van der Waals surface area contributed by atoms with Crippen LogP contribution in [0, 0.1) is 17.0 Å². The summed E-state index contributed by atoms with van der Waals surface area (Å²) in [5, 5.41) is 15.2. The summed E-state index contributed by atoms with van der Waals surface area (Å²) in [5.41, 5.74) is 1.93. The number of nitrogens with one attached hydrogen (secondary N) is 1. The van der Waals surface area contributed by atoms with Crippen molar-refractivity contribution in [3.05, 3.63) is 45.0 Å². The van der Waals surface area contributed by atoms with E-state index >= 15 is 0 Å². The first-order valence-electron chi connectivity index (χ1n) is 6.97. The molecule has 112 valence electrons. The van der Waals surface area contributed by atoms with Crippen molar-refractivity contribution in [2.45, 2.75) is 33.2 Å². The molecule has 1 N–H and O–H groups in total. The second kappa shape index (κ2) is 6.78. The van der Waals surface area contributed by atoms with Gasteiger partial charge in [-0.3, -0.25) is 10.1 Å². The van der Waals surface area contributed by atoms with Gasteiger partial charge in [0, 0.05) is 34.8 Å². The Morgan fingerprint density at radius 1 is 1.48 bits per heavy atom. The van der Waals surface area contributed by atoms with Gasteiger partial charge in [-0.1, -0.05) is 13.0 Å². The van der Waals surface area contributed by atoms with Crippen molar-refractivity contribution in [1.82, 2.24) is 10.3 Å². The Labute approximate surface area is 128 Å². The fraction of sp³-hybridized carbons (Fsp3) is 0.400. The zero-order chi connectivity index (χ0) is 15.4. The van der Waals surface area contributed by atoms with E-state index in [2.05, 4.69) is 24.1 Å². The number of nitro groups is 1. The van der Waals surface area contributed by atoms with Crippen molar-refractivity contribution in [1.29, 1.82) is 0 Å². The van der Waals surface area contributed by atoms with Crippen LogP contribution in [0.3, 0.4) is 0 Å². The molecule has 0 saturated carbocycles. The van der Waals surface area contributed by atoms with Crippen LogP contribution in [-0.4, -0.2) is 16.5 Å². The van der Waals surface area contributed by atoms with Crippen LogP contribution in [0.15, 0.2) is 24.4 Å². The van der Waals surface area contributed by atoms with Crippen molar-refractivity contribution < 1.29 is 4.92 Å². The molecule has 2 aromatic rings. The lowest BCUT2D eigenvalue weighted by molar-refractivity contribution is -0.384. The van der Waals surface area contributed by atoms with Crippen LogP contribution in [0.5, 0.6) is 0 Å². The molecule has 1 heterocycles. The highest BCUT2D eigenvalue weighted by molar-refractivity contribution is 7.15. The molecule has 1 aromatic carbocycles. The first-order valence-corrected chi connectivity index (χ1v) is 7.79. The van der Waals surface area contributed by atoms with Crippen LogP contribution in [-0.2, 0) is 0 Å². The third kappa shape index (κ3) is 3.65. The number of hydrogen-bond acceptors (Lipinski definition) is 5. The maximum atomic E-state index is 10.9. The molecule has 1 atom stereocenters. The lowest BCUT2D eigenvalue weighted by Gasteiger charge is -2.09. The average molecular weight is 305 g/mol. The highest BCUT2D eigenvalue weighted by Gasteiger charge is 2.15. The number of nitrogens with zero attached hydrogens (tertiary/aromatic N) is 2. The Kier molecular flexibility index (Phi) is 5.03. The van der Waals surface area contributed by atoms with Gasteiger partial charge < -0.3 is 5.32 Å². The molecule has 0 spiro atoms. The van der Waals surface area contributed by atoms with E-state index in [1.165, 1.54) is 6.07 Å². The molecule has 0 bridgehead atoms. The predicted molar refractivity (Wildman–Crippen MR) is 85.7 cm³/mol. The van der Waals surface area contributed by atoms with Crippen molar-refractivity contribution in [3.8, 4) is 10.6 Å². The topological polar surface area (TPSA) is 68.1 Å². The summed E-state index contributed by atoms with van der Waals surface area (Å²) in [6.07, 6.45) is 2.94. The Morgan fingerprint density at radius 2 is 2.24 bits per heavy atom. The van der Waals surface area contributed by atoms with E-state index in [0.717, 1.165) is 34.0 Å². The van der Waals surface area contributed by atoms with Gasteiger partial charge in [0.1, 0.15) is 5.01 Å². The third-order valence-corrected chi connectivity index (χ3v) is 4.53. The lowest BCUT2D eigenvalue weighted by Crippen LogP contribution is -2.18. The van der Waals surface area contributed by atoms with Crippen LogP contribution < -0.4 is 5.32 Å². The normalized spacial score (nSPS) is 12.3. The second-order valence-corrected chi connectivity index (χ2v) is 6.06. The van der Waals surface area contributed by atoms with E-state index in [4.69, 9.17) is 0 Å². The summed E-state index contributed by atoms with van der Waals surface area (Å²) in [4.78, 5) is 16.1. The first kappa shape index (κ1) is 15.6. The number of nitro benzene ring substituents is 1. The monoisotopic (exact) mass is 305 g/mol. The minimum atomic E-state index is -0.372. The van der Waals surface area contributed by atoms with Crippen molar-refractivity contribution in [3.63, 3.8) is 0 Å². The van der Waals surface area contributed by atoms with Gasteiger partial charge in [0.05, 0.1) is 4.92 Å². The van der Waals surface area contributed by atoms with E-state index in [1.54, 1.807) is 23.5 Å². The first-order chi connectivity index (χ1) is 10.0. The Balaban J connectivity index is 2.29. The molecular formula is C15H19N3O2S. The molecule has 21 heavy (non-hydrogen) atoms. The van der Waals surface area contributed by atoms with E-state index in [-0.39, 0.29) is 16.7 Å². The molecule has 0 aliphatic rings. The zero-order valence-corrected chi connectivity index (χ0v) is 13.2. The van der Waals surface area contributed by atoms with Crippen molar-refractivity contribution in [2.24, 2.45) is 0 Å². The molecule has 5 nitrogen and oxygen atoms in total. The number of non-ortho nitro benzene ring substituents is 1. The molecule has 0 amide bonds. The minimum absolute atomic E-state index is 0.101. The van der Waals surface area contributed by atoms with Crippen LogP contribution in [0.25, 0.3) is 10.6 Å². The molecule has 1 aromatic heterocycles. The van der Waals surface area contributed by atoms with E-state index in [0.29, 0.717) is 0 Å². The van der Waals surface area contributed by atoms with Crippen LogP contribution in [0.2, 0.25) is 0 Å². The molecular weight excluding hydrogens is 286 g/mol. The largest absolute Gasteiger partial charge is 0.309 e. The molecule has 1 unspecified atom stereocenters. The fourth-order valence-corrected chi connectivity index (χ4v) is 3.05. The molecule has 0 aliphatic heterocycles. The number of aryl methyl sites for hydroxylation is 1. The summed E-state index contributed by atoms with van der Waals surface area (Å²) in [6.45, 7) is 7.14. The standard InChI is InChI=1S/C15H19N3O2S/c1-4-7-16-11(3)14-9-17-15(21-14)13-8-12(18(19)20)6-5-10(13)2/h5-6,8-9,11,16H,4,7H2,1-3H3. The Hall–Kier alpha value is -1.79. The van der Waals surface area contributed by atoms with Gasteiger partial charge >= 0.3 is 0 Å². The number of benzene rings is 1. The fourth-order valence-electron chi connectivity index (χ4n) is 2.03. The number of hydrogen-bond donors (Lipinski definition) is 1. The van der Waals surface area contributed by atoms with Crippen LogP contribution in [0.1, 0.15) is 36.8 Å². The Bertz CT molecular complexity index is 640. The van der Waals surface area contributed by atoms with E-state index < -0.39 is 0 Å². The van der Waals surface area contributed by atoms with E-state index in [1.807, 2.05) is 13.1 Å². The number of aromatic nitrogens is 1. The molecule has 0 saturated heterocycles. The smallest absolute Gasteiger partial charge is 0.270 e. The van der Waals surface area contributed by atoms with Crippen molar-refractivity contribution in [2.75, 3.05) is 6.54 Å². The molecule has 6 heteroatoms. The van der Waals surface area contributed by atoms with Gasteiger partial charge in [-0.2, -0.15) is 0 Å². The summed E-state index contributed by atoms with van der Waals surface area (Å²) >= 11 is 1.58. The molecule has 0 aliphatic carbocycles. The number of rotatable bonds is 6. The number of thiazole rings is 1. The Morgan fingerprint density at radius 3 is 2.90 bits per heavy atom. The summed E-state index contributed by atoms with van der Waals surface area (Å²) in [5.74, 6) is 0. The van der Waals surface area contributed by atoms with Crippen LogP contribution in [0.4, 0.5) is 5.69 Å². The van der Waals surface area contributed by atoms with Gasteiger partial charge in [0.25, 0.3) is 5.69 Å². The molecule has 2 rings (SSSR count). The third-order valence-electron chi connectivity index (χ3n) is 3.31. The molecule has 0 fully saturated rings. The summed E-state index contributed by atoms with van der Waals surface area (Å²) in [6, 6.07) is 5.14. The quantitative estimate of drug-likeness (QED) is 0.645. The predicted octanol–water partition coefficient (Wildman–Crippen LogP) is 4.09. The second-order valence-electron chi connectivity index (χ2n) is 5.00. The lowest BCUT2D eigenvalue weighted by atomic mass is 10.1. The van der Waals surface area contributed by atoms with Gasteiger partial charge in [-0.25, -0.2) is 4.98 Å². The maximum Gasteiger partial charge on any atom is 0.270 e. The van der Waals surface area contributed by atoms with E-state index in [9.17, 15) is 10.1 Å². The SMILES string of the molecule is CCCNC(C)c1cnc(-c2cc([N+](=O)[O-])ccc2C)s1. The van der Waals surface area contributed by atoms with Gasteiger partial charge in [-0.15, -0.1) is 11.3 Å². The highest BCUT2D eigenvalue weighted by atomic mass is 32.1. The summed E-state index contributed by atoms with van der Waals surface area (Å²) in [7, 11) is 0. The minimum Gasteiger partial charge on any atom is -0.309 e. The van der Waals surface area contributed by atoms with Gasteiger partial charge in [0.2, 0.25) is 0 Å². The zero-order valence-electron chi connectivity index (χ0n) is 12.4.